The normalized spacial score (nSPS) is 12.1. The van der Waals surface area contributed by atoms with E-state index in [1.165, 1.54) is 39.1 Å². The van der Waals surface area contributed by atoms with Gasteiger partial charge in [0.2, 0.25) is 5.69 Å². The molecule has 0 saturated heterocycles. The van der Waals surface area contributed by atoms with Gasteiger partial charge in [-0.15, -0.1) is 0 Å². The van der Waals surface area contributed by atoms with Gasteiger partial charge in [0.05, 0.1) is 5.56 Å². The predicted molar refractivity (Wildman–Crippen MR) is 86.1 cm³/mol. The topological polar surface area (TPSA) is 3.88 Å². The molecule has 0 saturated carbocycles. The summed E-state index contributed by atoms with van der Waals surface area (Å²) in [4.78, 5) is 0. The standard InChI is InChI=1S/C20H18N/c1-14-6-5-7-15(2)20(14)17-10-11-19-18-9-4-3-8-16(18)12-21(19)13-17/h3-11,13H,12H2,1-2H3/q+1. The molecule has 1 aliphatic heterocycles. The second kappa shape index (κ2) is 4.56. The molecule has 0 radical (unpaired) electrons. The lowest BCUT2D eigenvalue weighted by atomic mass is 9.96. The van der Waals surface area contributed by atoms with Crippen LogP contribution in [0.4, 0.5) is 0 Å². The van der Waals surface area contributed by atoms with Crippen LogP contribution in [-0.2, 0) is 6.54 Å². The first kappa shape index (κ1) is 12.3. The molecule has 1 aromatic heterocycles. The zero-order valence-corrected chi connectivity index (χ0v) is 12.4. The Morgan fingerprint density at radius 1 is 0.810 bits per heavy atom. The van der Waals surface area contributed by atoms with Gasteiger partial charge in [-0.3, -0.25) is 0 Å². The number of hydrogen-bond donors (Lipinski definition) is 0. The van der Waals surface area contributed by atoms with Crippen molar-refractivity contribution in [3.63, 3.8) is 0 Å². The van der Waals surface area contributed by atoms with Crippen molar-refractivity contribution < 1.29 is 4.57 Å². The summed E-state index contributed by atoms with van der Waals surface area (Å²) in [5, 5.41) is 0. The molecule has 2 heterocycles. The van der Waals surface area contributed by atoms with E-state index in [1.54, 1.807) is 0 Å². The van der Waals surface area contributed by atoms with Gasteiger partial charge in [-0.25, -0.2) is 0 Å². The van der Waals surface area contributed by atoms with Crippen LogP contribution in [-0.4, -0.2) is 0 Å². The Hall–Kier alpha value is -2.41. The minimum atomic E-state index is 0.976. The number of benzene rings is 2. The van der Waals surface area contributed by atoms with Crippen molar-refractivity contribution in [2.45, 2.75) is 20.4 Å². The summed E-state index contributed by atoms with van der Waals surface area (Å²) in [5.41, 5.74) is 9.45. The van der Waals surface area contributed by atoms with Gasteiger partial charge >= 0.3 is 0 Å². The van der Waals surface area contributed by atoms with Crippen molar-refractivity contribution in [2.24, 2.45) is 0 Å². The molecule has 102 valence electrons. The van der Waals surface area contributed by atoms with Crippen LogP contribution in [0.15, 0.2) is 60.8 Å². The maximum Gasteiger partial charge on any atom is 0.213 e. The number of rotatable bonds is 1. The fraction of sp³-hybridized carbons (Fsp3) is 0.150. The zero-order chi connectivity index (χ0) is 14.4. The first-order chi connectivity index (χ1) is 10.2. The molecule has 3 aromatic rings. The maximum absolute atomic E-state index is 2.37. The summed E-state index contributed by atoms with van der Waals surface area (Å²) >= 11 is 0. The highest BCUT2D eigenvalue weighted by atomic mass is 15.0. The van der Waals surface area contributed by atoms with Crippen molar-refractivity contribution in [2.75, 3.05) is 0 Å². The van der Waals surface area contributed by atoms with Crippen LogP contribution >= 0.6 is 0 Å². The highest BCUT2D eigenvalue weighted by molar-refractivity contribution is 5.71. The van der Waals surface area contributed by atoms with E-state index < -0.39 is 0 Å². The molecular weight excluding hydrogens is 254 g/mol. The van der Waals surface area contributed by atoms with E-state index in [0.717, 1.165) is 6.54 Å². The molecular formula is C20H18N+. The number of aryl methyl sites for hydroxylation is 2. The zero-order valence-electron chi connectivity index (χ0n) is 12.4. The van der Waals surface area contributed by atoms with Crippen molar-refractivity contribution in [3.05, 3.63) is 77.5 Å². The molecule has 21 heavy (non-hydrogen) atoms. The van der Waals surface area contributed by atoms with Crippen molar-refractivity contribution >= 4 is 0 Å². The minimum absolute atomic E-state index is 0.976. The molecule has 0 atom stereocenters. The van der Waals surface area contributed by atoms with Crippen LogP contribution in [0, 0.1) is 13.8 Å². The van der Waals surface area contributed by atoms with Crippen LogP contribution in [0.25, 0.3) is 22.4 Å². The Kier molecular flexibility index (Phi) is 2.68. The number of nitrogens with zero attached hydrogens (tertiary/aromatic N) is 1. The third-order valence-electron chi connectivity index (χ3n) is 4.43. The molecule has 0 fully saturated rings. The van der Waals surface area contributed by atoms with Crippen LogP contribution in [0.5, 0.6) is 0 Å². The summed E-state index contributed by atoms with van der Waals surface area (Å²) in [6.45, 7) is 5.36. The Bertz CT molecular complexity index is 826. The molecule has 2 aromatic carbocycles. The van der Waals surface area contributed by atoms with Gasteiger partial charge < -0.3 is 0 Å². The Morgan fingerprint density at radius 3 is 2.38 bits per heavy atom. The molecule has 0 aliphatic carbocycles. The second-order valence-electron chi connectivity index (χ2n) is 5.85. The molecule has 1 aliphatic rings. The third-order valence-corrected chi connectivity index (χ3v) is 4.43. The number of hydrogen-bond acceptors (Lipinski definition) is 0. The highest BCUT2D eigenvalue weighted by Gasteiger charge is 2.25. The van der Waals surface area contributed by atoms with Crippen molar-refractivity contribution in [3.8, 4) is 22.4 Å². The predicted octanol–water partition coefficient (Wildman–Crippen LogP) is 4.29. The molecule has 0 N–H and O–H groups in total. The van der Waals surface area contributed by atoms with Crippen LogP contribution < -0.4 is 4.57 Å². The first-order valence-electron chi connectivity index (χ1n) is 7.42. The highest BCUT2D eigenvalue weighted by Crippen LogP contribution is 2.30. The van der Waals surface area contributed by atoms with Gasteiger partial charge in [-0.1, -0.05) is 36.4 Å². The quantitative estimate of drug-likeness (QED) is 0.455. The van der Waals surface area contributed by atoms with Crippen molar-refractivity contribution in [1.82, 2.24) is 0 Å². The summed E-state index contributed by atoms with van der Waals surface area (Å²) in [5.74, 6) is 0. The van der Waals surface area contributed by atoms with E-state index in [1.807, 2.05) is 0 Å². The smallest absolute Gasteiger partial charge is 0.193 e. The number of aromatic nitrogens is 1. The lowest BCUT2D eigenvalue weighted by Gasteiger charge is -2.08. The fourth-order valence-corrected chi connectivity index (χ4v) is 3.43. The van der Waals surface area contributed by atoms with Gasteiger partial charge in [0.25, 0.3) is 0 Å². The monoisotopic (exact) mass is 272 g/mol. The Balaban J connectivity index is 1.88. The van der Waals surface area contributed by atoms with E-state index in [0.29, 0.717) is 0 Å². The van der Waals surface area contributed by atoms with Gasteiger partial charge in [0, 0.05) is 17.2 Å². The Morgan fingerprint density at radius 2 is 1.57 bits per heavy atom. The van der Waals surface area contributed by atoms with Gasteiger partial charge in [0.1, 0.15) is 0 Å². The summed E-state index contributed by atoms with van der Waals surface area (Å²) in [6, 6.07) is 19.7. The lowest BCUT2D eigenvalue weighted by Crippen LogP contribution is -2.32. The average molecular weight is 272 g/mol. The molecule has 0 unspecified atom stereocenters. The van der Waals surface area contributed by atoms with Crippen LogP contribution in [0.3, 0.4) is 0 Å². The summed E-state index contributed by atoms with van der Waals surface area (Å²) < 4.78 is 2.37. The molecule has 0 amide bonds. The lowest BCUT2D eigenvalue weighted by molar-refractivity contribution is -0.671. The van der Waals surface area contributed by atoms with E-state index in [4.69, 9.17) is 0 Å². The van der Waals surface area contributed by atoms with Gasteiger partial charge in [-0.05, 0) is 42.7 Å². The molecule has 1 heteroatoms. The molecule has 0 bridgehead atoms. The van der Waals surface area contributed by atoms with E-state index in [-0.39, 0.29) is 0 Å². The SMILES string of the molecule is Cc1cccc(C)c1-c1ccc2[n+](c1)Cc1ccccc1-2. The van der Waals surface area contributed by atoms with E-state index in [2.05, 4.69) is 79.2 Å². The second-order valence-corrected chi connectivity index (χ2v) is 5.85. The molecule has 0 spiro atoms. The maximum atomic E-state index is 2.37. The summed E-state index contributed by atoms with van der Waals surface area (Å²) in [7, 11) is 0. The van der Waals surface area contributed by atoms with Gasteiger partial charge in [-0.2, -0.15) is 4.57 Å². The van der Waals surface area contributed by atoms with E-state index >= 15 is 0 Å². The van der Waals surface area contributed by atoms with Crippen LogP contribution in [0.2, 0.25) is 0 Å². The Labute approximate surface area is 125 Å². The van der Waals surface area contributed by atoms with Gasteiger partial charge in [0.15, 0.2) is 12.7 Å². The molecule has 1 nitrogen and oxygen atoms in total. The fourth-order valence-electron chi connectivity index (χ4n) is 3.43. The number of fused-ring (bicyclic) bond motifs is 3. The minimum Gasteiger partial charge on any atom is -0.193 e. The first-order valence-corrected chi connectivity index (χ1v) is 7.42. The third kappa shape index (κ3) is 1.89. The van der Waals surface area contributed by atoms with Crippen LogP contribution in [0.1, 0.15) is 16.7 Å². The summed E-state index contributed by atoms with van der Waals surface area (Å²) in [6.07, 6.45) is 2.30. The van der Waals surface area contributed by atoms with E-state index in [9.17, 15) is 0 Å². The average Bonchev–Trinajstić information content (AvgIpc) is 2.85. The number of pyridine rings is 1. The largest absolute Gasteiger partial charge is 0.213 e. The van der Waals surface area contributed by atoms with Crippen molar-refractivity contribution in [1.29, 1.82) is 0 Å². The molecule has 4 rings (SSSR count).